The van der Waals surface area contributed by atoms with E-state index in [0.29, 0.717) is 27.7 Å². The number of ether oxygens (including phenoxy) is 1. The number of nitrogens with one attached hydrogen (secondary N) is 2. The highest BCUT2D eigenvalue weighted by molar-refractivity contribution is 6.34. The maximum absolute atomic E-state index is 12.4. The van der Waals surface area contributed by atoms with E-state index >= 15 is 0 Å². The second kappa shape index (κ2) is 7.53. The molecule has 1 heterocycles. The Kier molecular flexibility index (Phi) is 5.64. The molecule has 1 aromatic carbocycles. The number of benzene rings is 1. The van der Waals surface area contributed by atoms with Gasteiger partial charge in [-0.3, -0.25) is 4.79 Å². The van der Waals surface area contributed by atoms with Gasteiger partial charge >= 0.3 is 5.97 Å². The van der Waals surface area contributed by atoms with Crippen LogP contribution >= 0.6 is 11.6 Å². The van der Waals surface area contributed by atoms with E-state index < -0.39 is 5.97 Å². The van der Waals surface area contributed by atoms with Crippen molar-refractivity contribution in [3.05, 3.63) is 52.7 Å². The number of carbonyl (C=O) groups excluding carboxylic acids is 2. The maximum Gasteiger partial charge on any atom is 0.337 e. The fraction of sp³-hybridized carbons (Fsp3) is 0.278. The lowest BCUT2D eigenvalue weighted by molar-refractivity contribution is 0.0600. The number of aromatic nitrogens is 1. The molecule has 0 unspecified atom stereocenters. The summed E-state index contributed by atoms with van der Waals surface area (Å²) in [4.78, 5) is 28.2. The van der Waals surface area contributed by atoms with Crippen molar-refractivity contribution in [2.45, 2.75) is 26.3 Å². The third-order valence-corrected chi connectivity index (χ3v) is 3.49. The number of halogens is 1. The zero-order valence-corrected chi connectivity index (χ0v) is 15.3. The highest BCUT2D eigenvalue weighted by Gasteiger charge is 2.14. The van der Waals surface area contributed by atoms with Crippen molar-refractivity contribution in [3.8, 4) is 0 Å². The minimum absolute atomic E-state index is 0.126. The molecule has 2 rings (SSSR count). The van der Waals surface area contributed by atoms with Crippen molar-refractivity contribution in [2.24, 2.45) is 0 Å². The molecule has 132 valence electrons. The SMILES string of the molecule is COC(=O)c1ccc(Cl)c(NC(=O)c2ccc(NC(C)(C)C)nc2)c1. The number of nitrogens with zero attached hydrogens (tertiary/aromatic N) is 1. The minimum atomic E-state index is -0.508. The molecule has 2 N–H and O–H groups in total. The molecule has 1 aromatic heterocycles. The molecular weight excluding hydrogens is 342 g/mol. The summed E-state index contributed by atoms with van der Waals surface area (Å²) >= 11 is 6.08. The van der Waals surface area contributed by atoms with Gasteiger partial charge in [-0.1, -0.05) is 11.6 Å². The Hall–Kier alpha value is -2.60. The fourth-order valence-electron chi connectivity index (χ4n) is 2.05. The van der Waals surface area contributed by atoms with Gasteiger partial charge in [-0.05, 0) is 51.1 Å². The number of pyridine rings is 1. The van der Waals surface area contributed by atoms with Crippen LogP contribution in [-0.2, 0) is 4.74 Å². The molecule has 0 aliphatic carbocycles. The summed E-state index contributed by atoms with van der Waals surface area (Å²) in [6, 6.07) is 7.91. The molecule has 0 aliphatic heterocycles. The molecular formula is C18H20ClN3O3. The highest BCUT2D eigenvalue weighted by atomic mass is 35.5. The Morgan fingerprint density at radius 3 is 2.36 bits per heavy atom. The largest absolute Gasteiger partial charge is 0.465 e. The Morgan fingerprint density at radius 1 is 1.12 bits per heavy atom. The third-order valence-electron chi connectivity index (χ3n) is 3.16. The van der Waals surface area contributed by atoms with E-state index in [9.17, 15) is 9.59 Å². The summed E-state index contributed by atoms with van der Waals surface area (Å²) in [7, 11) is 1.29. The van der Waals surface area contributed by atoms with Crippen LogP contribution in [0.4, 0.5) is 11.5 Å². The van der Waals surface area contributed by atoms with Gasteiger partial charge in [-0.2, -0.15) is 0 Å². The van der Waals surface area contributed by atoms with E-state index in [1.807, 2.05) is 20.8 Å². The van der Waals surface area contributed by atoms with Gasteiger partial charge in [-0.25, -0.2) is 9.78 Å². The highest BCUT2D eigenvalue weighted by Crippen LogP contribution is 2.24. The minimum Gasteiger partial charge on any atom is -0.465 e. The Labute approximate surface area is 151 Å². The van der Waals surface area contributed by atoms with E-state index in [1.54, 1.807) is 12.1 Å². The van der Waals surface area contributed by atoms with Crippen LogP contribution in [0.3, 0.4) is 0 Å². The molecule has 0 spiro atoms. The first-order chi connectivity index (χ1) is 11.7. The number of hydrogen-bond acceptors (Lipinski definition) is 5. The number of methoxy groups -OCH3 is 1. The van der Waals surface area contributed by atoms with Crippen LogP contribution in [0, 0.1) is 0 Å². The van der Waals surface area contributed by atoms with Crippen molar-refractivity contribution in [2.75, 3.05) is 17.7 Å². The molecule has 7 heteroatoms. The average Bonchev–Trinajstić information content (AvgIpc) is 2.55. The molecule has 25 heavy (non-hydrogen) atoms. The van der Waals surface area contributed by atoms with E-state index in [4.69, 9.17) is 11.6 Å². The Morgan fingerprint density at radius 2 is 1.80 bits per heavy atom. The number of carbonyl (C=O) groups is 2. The molecule has 0 saturated heterocycles. The van der Waals surface area contributed by atoms with Crippen LogP contribution in [0.15, 0.2) is 36.5 Å². The van der Waals surface area contributed by atoms with E-state index in [1.165, 1.54) is 31.5 Å². The monoisotopic (exact) mass is 361 g/mol. The van der Waals surface area contributed by atoms with Crippen LogP contribution in [0.5, 0.6) is 0 Å². The van der Waals surface area contributed by atoms with E-state index in [2.05, 4.69) is 20.4 Å². The summed E-state index contributed by atoms with van der Waals surface area (Å²) in [5.74, 6) is -0.208. The van der Waals surface area contributed by atoms with Gasteiger partial charge in [-0.15, -0.1) is 0 Å². The van der Waals surface area contributed by atoms with Gasteiger partial charge in [0.05, 0.1) is 28.9 Å². The van der Waals surface area contributed by atoms with Crippen LogP contribution in [0.2, 0.25) is 5.02 Å². The van der Waals surface area contributed by atoms with Gasteiger partial charge in [0, 0.05) is 11.7 Å². The predicted octanol–water partition coefficient (Wildman–Crippen LogP) is 3.98. The van der Waals surface area contributed by atoms with E-state index in [0.717, 1.165) is 0 Å². The summed E-state index contributed by atoms with van der Waals surface area (Å²) < 4.78 is 4.66. The fourth-order valence-corrected chi connectivity index (χ4v) is 2.21. The molecule has 0 saturated carbocycles. The lowest BCUT2D eigenvalue weighted by atomic mass is 10.1. The average molecular weight is 362 g/mol. The normalized spacial score (nSPS) is 10.9. The zero-order chi connectivity index (χ0) is 18.6. The van der Waals surface area contributed by atoms with Crippen LogP contribution < -0.4 is 10.6 Å². The second-order valence-corrected chi connectivity index (χ2v) is 6.85. The number of rotatable bonds is 4. The van der Waals surface area contributed by atoms with Crippen LogP contribution in [-0.4, -0.2) is 29.5 Å². The summed E-state index contributed by atoms with van der Waals surface area (Å²) in [5, 5.41) is 6.21. The van der Waals surface area contributed by atoms with Gasteiger partial charge in [0.2, 0.25) is 0 Å². The molecule has 6 nitrogen and oxygen atoms in total. The first-order valence-corrected chi connectivity index (χ1v) is 8.01. The summed E-state index contributed by atoms with van der Waals surface area (Å²) in [5.41, 5.74) is 0.869. The summed E-state index contributed by atoms with van der Waals surface area (Å²) in [6.07, 6.45) is 1.47. The number of anilines is 2. The smallest absolute Gasteiger partial charge is 0.337 e. The molecule has 1 amide bonds. The zero-order valence-electron chi connectivity index (χ0n) is 14.5. The van der Waals surface area contributed by atoms with Gasteiger partial charge in [0.1, 0.15) is 5.82 Å². The van der Waals surface area contributed by atoms with Crippen molar-refractivity contribution in [1.29, 1.82) is 0 Å². The molecule has 2 aromatic rings. The first-order valence-electron chi connectivity index (χ1n) is 7.63. The van der Waals surface area contributed by atoms with Gasteiger partial charge < -0.3 is 15.4 Å². The van der Waals surface area contributed by atoms with Crippen molar-refractivity contribution >= 4 is 35.0 Å². The van der Waals surface area contributed by atoms with Crippen molar-refractivity contribution < 1.29 is 14.3 Å². The third kappa shape index (κ3) is 5.19. The quantitative estimate of drug-likeness (QED) is 0.805. The van der Waals surface area contributed by atoms with Gasteiger partial charge in [0.25, 0.3) is 5.91 Å². The molecule has 0 fully saturated rings. The number of hydrogen-bond donors (Lipinski definition) is 2. The Balaban J connectivity index is 2.15. The maximum atomic E-state index is 12.4. The molecule has 0 bridgehead atoms. The first kappa shape index (κ1) is 18.7. The van der Waals surface area contributed by atoms with Gasteiger partial charge in [0.15, 0.2) is 0 Å². The molecule has 0 radical (unpaired) electrons. The van der Waals surface area contributed by atoms with Crippen molar-refractivity contribution in [3.63, 3.8) is 0 Å². The lowest BCUT2D eigenvalue weighted by Gasteiger charge is -2.21. The second-order valence-electron chi connectivity index (χ2n) is 6.45. The van der Waals surface area contributed by atoms with Crippen molar-refractivity contribution in [1.82, 2.24) is 4.98 Å². The topological polar surface area (TPSA) is 80.3 Å². The summed E-state index contributed by atoms with van der Waals surface area (Å²) in [6.45, 7) is 6.06. The van der Waals surface area contributed by atoms with Crippen LogP contribution in [0.1, 0.15) is 41.5 Å². The number of esters is 1. The lowest BCUT2D eigenvalue weighted by Crippen LogP contribution is -2.26. The number of amides is 1. The Bertz CT molecular complexity index is 783. The molecule has 0 atom stereocenters. The standard InChI is InChI=1S/C18H20ClN3O3/c1-18(2,3)22-15-8-6-12(10-20-15)16(23)21-14-9-11(17(24)25-4)5-7-13(14)19/h5-10H,1-4H3,(H,20,22)(H,21,23). The van der Waals surface area contributed by atoms with E-state index in [-0.39, 0.29) is 11.4 Å². The predicted molar refractivity (Wildman–Crippen MR) is 98.4 cm³/mol. The molecule has 0 aliphatic rings. The van der Waals surface area contributed by atoms with Crippen LogP contribution in [0.25, 0.3) is 0 Å².